The molecular formula is C25H27N5O3. The summed E-state index contributed by atoms with van der Waals surface area (Å²) in [4.78, 5) is 47.3. The van der Waals surface area contributed by atoms with Gasteiger partial charge in [-0.3, -0.25) is 19.5 Å². The van der Waals surface area contributed by atoms with Crippen molar-refractivity contribution in [3.63, 3.8) is 0 Å². The number of rotatable bonds is 4. The highest BCUT2D eigenvalue weighted by Gasteiger charge is 2.36. The Morgan fingerprint density at radius 2 is 1.91 bits per heavy atom. The Labute approximate surface area is 191 Å². The minimum absolute atomic E-state index is 0.0905. The molecular weight excluding hydrogens is 418 g/mol. The van der Waals surface area contributed by atoms with Gasteiger partial charge in [-0.05, 0) is 31.2 Å². The van der Waals surface area contributed by atoms with Gasteiger partial charge in [-0.25, -0.2) is 9.50 Å². The molecule has 1 N–H and O–H groups in total. The van der Waals surface area contributed by atoms with E-state index in [1.807, 2.05) is 41.3 Å². The Kier molecular flexibility index (Phi) is 4.81. The number of amides is 2. The summed E-state index contributed by atoms with van der Waals surface area (Å²) in [6, 6.07) is 11.6. The van der Waals surface area contributed by atoms with Crippen LogP contribution in [-0.2, 0) is 29.0 Å². The number of likely N-dealkylation sites (tertiary alicyclic amines) is 1. The largest absolute Gasteiger partial charge is 0.337 e. The smallest absolute Gasteiger partial charge is 0.277 e. The number of carbonyl (C=O) groups is 2. The van der Waals surface area contributed by atoms with Crippen LogP contribution in [0.1, 0.15) is 54.2 Å². The number of nitrogens with zero attached hydrogens (tertiary/aromatic N) is 4. The summed E-state index contributed by atoms with van der Waals surface area (Å²) < 4.78 is 1.48. The first-order valence-corrected chi connectivity index (χ1v) is 11.8. The molecule has 0 bridgehead atoms. The molecule has 2 aliphatic heterocycles. The van der Waals surface area contributed by atoms with Crippen LogP contribution >= 0.6 is 0 Å². The van der Waals surface area contributed by atoms with Crippen LogP contribution in [0.3, 0.4) is 0 Å². The van der Waals surface area contributed by atoms with E-state index in [4.69, 9.17) is 4.98 Å². The molecule has 6 rings (SSSR count). The van der Waals surface area contributed by atoms with E-state index in [1.54, 1.807) is 4.90 Å². The molecule has 33 heavy (non-hydrogen) atoms. The van der Waals surface area contributed by atoms with Gasteiger partial charge in [0.1, 0.15) is 0 Å². The average molecular weight is 446 g/mol. The van der Waals surface area contributed by atoms with Gasteiger partial charge in [0.15, 0.2) is 5.65 Å². The lowest BCUT2D eigenvalue weighted by Crippen LogP contribution is -2.40. The molecule has 8 heteroatoms. The minimum atomic E-state index is -0.144. The average Bonchev–Trinajstić information content (AvgIpc) is 3.40. The highest BCUT2D eigenvalue weighted by atomic mass is 16.2. The fourth-order valence-electron chi connectivity index (χ4n) is 5.21. The van der Waals surface area contributed by atoms with Crippen molar-refractivity contribution in [2.24, 2.45) is 5.92 Å². The number of benzene rings is 1. The lowest BCUT2D eigenvalue weighted by Gasteiger charge is -2.27. The van der Waals surface area contributed by atoms with Crippen LogP contribution in [0, 0.1) is 5.92 Å². The van der Waals surface area contributed by atoms with Crippen molar-refractivity contribution in [1.82, 2.24) is 24.4 Å². The number of hydrogen-bond acceptors (Lipinski definition) is 4. The van der Waals surface area contributed by atoms with Crippen LogP contribution in [0.25, 0.3) is 5.65 Å². The van der Waals surface area contributed by atoms with Crippen molar-refractivity contribution < 1.29 is 9.59 Å². The second-order valence-corrected chi connectivity index (χ2v) is 9.44. The Bertz CT molecular complexity index is 1290. The van der Waals surface area contributed by atoms with Gasteiger partial charge in [0.05, 0.1) is 36.0 Å². The van der Waals surface area contributed by atoms with Crippen LogP contribution in [0.15, 0.2) is 41.2 Å². The van der Waals surface area contributed by atoms with Crippen molar-refractivity contribution in [2.45, 2.75) is 51.1 Å². The normalized spacial score (nSPS) is 20.3. The van der Waals surface area contributed by atoms with Gasteiger partial charge in [-0.2, -0.15) is 0 Å². The number of fused-ring (bicyclic) bond motifs is 2. The molecule has 8 nitrogen and oxygen atoms in total. The zero-order chi connectivity index (χ0) is 22.5. The van der Waals surface area contributed by atoms with Crippen molar-refractivity contribution in [3.05, 3.63) is 69.3 Å². The Morgan fingerprint density at radius 1 is 1.09 bits per heavy atom. The second-order valence-electron chi connectivity index (χ2n) is 9.44. The summed E-state index contributed by atoms with van der Waals surface area (Å²) in [6.07, 6.45) is 4.67. The SMILES string of the molecule is O=C(C1CC1)N1CCc2nc3cc(C4CCCN4C(=O)Cc4ccccc4)[nH]n3c(=O)c2C1. The Balaban J connectivity index is 1.28. The summed E-state index contributed by atoms with van der Waals surface area (Å²) in [6.45, 7) is 1.66. The highest BCUT2D eigenvalue weighted by Crippen LogP contribution is 2.33. The van der Waals surface area contributed by atoms with Crippen LogP contribution in [0.2, 0.25) is 0 Å². The van der Waals surface area contributed by atoms with Gasteiger partial charge >= 0.3 is 0 Å². The molecule has 2 fully saturated rings. The van der Waals surface area contributed by atoms with E-state index in [2.05, 4.69) is 5.10 Å². The molecule has 3 aliphatic rings. The van der Waals surface area contributed by atoms with Crippen LogP contribution in [0.5, 0.6) is 0 Å². The van der Waals surface area contributed by atoms with Crippen molar-refractivity contribution in [3.8, 4) is 0 Å². The first-order chi connectivity index (χ1) is 16.1. The third-order valence-corrected chi connectivity index (χ3v) is 7.15. The van der Waals surface area contributed by atoms with Gasteiger partial charge in [0, 0.05) is 31.5 Å². The molecule has 1 saturated carbocycles. The standard InChI is InChI=1S/C25H27N5O3/c31-23(13-16-5-2-1-3-6-16)29-11-4-7-21(29)20-14-22-26-19-10-12-28(24(32)17-8-9-17)15-18(19)25(33)30(22)27-20/h1-3,5-6,14,17,21,27H,4,7-13,15H2. The van der Waals surface area contributed by atoms with E-state index in [-0.39, 0.29) is 29.3 Å². The monoisotopic (exact) mass is 445 g/mol. The van der Waals surface area contributed by atoms with Gasteiger partial charge in [0.2, 0.25) is 11.8 Å². The van der Waals surface area contributed by atoms with E-state index < -0.39 is 0 Å². The maximum Gasteiger partial charge on any atom is 0.277 e. The number of hydrogen-bond donors (Lipinski definition) is 1. The topological polar surface area (TPSA) is 90.8 Å². The summed E-state index contributed by atoms with van der Waals surface area (Å²) in [7, 11) is 0. The zero-order valence-corrected chi connectivity index (χ0v) is 18.5. The highest BCUT2D eigenvalue weighted by molar-refractivity contribution is 5.81. The number of aromatic nitrogens is 3. The fraction of sp³-hybridized carbons (Fsp3) is 0.440. The van der Waals surface area contributed by atoms with Crippen molar-refractivity contribution >= 4 is 17.5 Å². The lowest BCUT2D eigenvalue weighted by molar-refractivity contribution is -0.133. The molecule has 1 saturated heterocycles. The minimum Gasteiger partial charge on any atom is -0.337 e. The van der Waals surface area contributed by atoms with Gasteiger partial charge in [0.25, 0.3) is 5.56 Å². The molecule has 1 aliphatic carbocycles. The summed E-state index contributed by atoms with van der Waals surface area (Å²) >= 11 is 0. The third kappa shape index (κ3) is 3.63. The summed E-state index contributed by atoms with van der Waals surface area (Å²) in [5.41, 5.74) is 3.67. The fourth-order valence-corrected chi connectivity index (χ4v) is 5.21. The van der Waals surface area contributed by atoms with Crippen molar-refractivity contribution in [2.75, 3.05) is 13.1 Å². The van der Waals surface area contributed by atoms with E-state index >= 15 is 0 Å². The predicted molar refractivity (Wildman–Crippen MR) is 121 cm³/mol. The molecule has 2 amide bonds. The predicted octanol–water partition coefficient (Wildman–Crippen LogP) is 2.22. The summed E-state index contributed by atoms with van der Waals surface area (Å²) in [5, 5.41) is 3.23. The Hall–Kier alpha value is -3.42. The molecule has 1 unspecified atom stereocenters. The van der Waals surface area contributed by atoms with E-state index in [0.29, 0.717) is 43.7 Å². The van der Waals surface area contributed by atoms with Crippen LogP contribution in [-0.4, -0.2) is 49.3 Å². The van der Waals surface area contributed by atoms with Gasteiger partial charge in [-0.1, -0.05) is 30.3 Å². The number of carbonyl (C=O) groups excluding carboxylic acids is 2. The van der Waals surface area contributed by atoms with E-state index in [1.165, 1.54) is 4.52 Å². The molecule has 0 radical (unpaired) electrons. The van der Waals surface area contributed by atoms with Gasteiger partial charge in [-0.15, -0.1) is 0 Å². The zero-order valence-electron chi connectivity index (χ0n) is 18.5. The number of nitrogens with one attached hydrogen (secondary N) is 1. The first kappa shape index (κ1) is 20.2. The first-order valence-electron chi connectivity index (χ1n) is 11.8. The third-order valence-electron chi connectivity index (χ3n) is 7.15. The molecule has 0 spiro atoms. The van der Waals surface area contributed by atoms with Crippen LogP contribution in [0.4, 0.5) is 0 Å². The van der Waals surface area contributed by atoms with Crippen molar-refractivity contribution in [1.29, 1.82) is 0 Å². The summed E-state index contributed by atoms with van der Waals surface area (Å²) in [5.74, 6) is 0.400. The lowest BCUT2D eigenvalue weighted by atomic mass is 10.1. The van der Waals surface area contributed by atoms with E-state index in [9.17, 15) is 14.4 Å². The number of H-pyrrole nitrogens is 1. The molecule has 3 aromatic rings. The molecule has 1 atom stereocenters. The Morgan fingerprint density at radius 3 is 2.70 bits per heavy atom. The maximum atomic E-state index is 13.3. The molecule has 2 aromatic heterocycles. The molecule has 1 aromatic carbocycles. The maximum absolute atomic E-state index is 13.3. The number of aromatic amines is 1. The van der Waals surface area contributed by atoms with Crippen LogP contribution < -0.4 is 5.56 Å². The molecule has 4 heterocycles. The van der Waals surface area contributed by atoms with Gasteiger partial charge < -0.3 is 9.80 Å². The quantitative estimate of drug-likeness (QED) is 0.667. The van der Waals surface area contributed by atoms with E-state index in [0.717, 1.165) is 42.6 Å². The second kappa shape index (κ2) is 7.86. The molecule has 170 valence electrons.